The molecule has 9 heteroatoms. The fraction of sp³-hybridized carbons (Fsp3) is 0.250. The Morgan fingerprint density at radius 1 is 1.07 bits per heavy atom. The van der Waals surface area contributed by atoms with Crippen molar-refractivity contribution in [3.8, 4) is 0 Å². The second-order valence-corrected chi connectivity index (χ2v) is 7.01. The van der Waals surface area contributed by atoms with Crippen LogP contribution in [0, 0.1) is 20.8 Å². The molecule has 3 rings (SSSR count). The van der Waals surface area contributed by atoms with E-state index in [1.165, 1.54) is 5.56 Å². The lowest BCUT2D eigenvalue weighted by atomic mass is 10.2. The Hall–Kier alpha value is -3.33. The van der Waals surface area contributed by atoms with Gasteiger partial charge in [0.1, 0.15) is 0 Å². The number of thiocarbonyl (C=S) groups is 1. The maximum atomic E-state index is 5.44. The van der Waals surface area contributed by atoms with Crippen molar-refractivity contribution < 1.29 is 0 Å². The number of benzene rings is 1. The summed E-state index contributed by atoms with van der Waals surface area (Å²) in [6.45, 7) is 6.42. The quantitative estimate of drug-likeness (QED) is 0.292. The number of imidazole rings is 1. The zero-order chi connectivity index (χ0) is 20.6. The molecule has 0 saturated carbocycles. The maximum absolute atomic E-state index is 5.44. The highest BCUT2D eigenvalue weighted by molar-refractivity contribution is 7.80. The first-order chi connectivity index (χ1) is 14.0. The molecule has 0 atom stereocenters. The smallest absolute Gasteiger partial charge is 0.229 e. The number of aromatic nitrogens is 4. The standard InChI is InChI=1S/C20H24N8S/c1-13-4-6-16(7-5-13)26-20(29)28-18(22-9-8-17-11-21-12-23-17)27-19-24-14(2)10-15(3)25-19/h4-7,10-12H,8-9H2,1-3H3,(H,21,23)(H3,22,24,25,26,27,28,29). The van der Waals surface area contributed by atoms with E-state index in [9.17, 15) is 0 Å². The number of guanidine groups is 1. The molecule has 0 aliphatic heterocycles. The molecule has 0 bridgehead atoms. The average molecular weight is 409 g/mol. The summed E-state index contributed by atoms with van der Waals surface area (Å²) in [5.74, 6) is 0.938. The molecular weight excluding hydrogens is 384 g/mol. The van der Waals surface area contributed by atoms with Crippen LogP contribution in [0.3, 0.4) is 0 Å². The van der Waals surface area contributed by atoms with Crippen LogP contribution in [0.5, 0.6) is 0 Å². The Labute approximate surface area is 175 Å². The molecule has 0 saturated heterocycles. The lowest BCUT2D eigenvalue weighted by Crippen LogP contribution is -2.39. The Morgan fingerprint density at radius 2 is 1.79 bits per heavy atom. The van der Waals surface area contributed by atoms with Gasteiger partial charge in [-0.25, -0.2) is 15.0 Å². The molecule has 1 aromatic carbocycles. The number of aryl methyl sites for hydroxylation is 3. The number of aliphatic imine (C=N–C) groups is 1. The van der Waals surface area contributed by atoms with Gasteiger partial charge in [-0.1, -0.05) is 17.7 Å². The molecule has 8 nitrogen and oxygen atoms in total. The van der Waals surface area contributed by atoms with Crippen molar-refractivity contribution in [3.63, 3.8) is 0 Å². The van der Waals surface area contributed by atoms with E-state index in [-0.39, 0.29) is 0 Å². The van der Waals surface area contributed by atoms with Crippen molar-refractivity contribution in [1.82, 2.24) is 25.3 Å². The molecule has 0 radical (unpaired) electrons. The molecule has 2 heterocycles. The van der Waals surface area contributed by atoms with Crippen LogP contribution in [0.4, 0.5) is 11.6 Å². The van der Waals surface area contributed by atoms with Crippen LogP contribution in [0.25, 0.3) is 0 Å². The number of aromatic amines is 1. The molecule has 0 unspecified atom stereocenters. The molecule has 150 valence electrons. The summed E-state index contributed by atoms with van der Waals surface area (Å²) < 4.78 is 0. The largest absolute Gasteiger partial charge is 0.348 e. The van der Waals surface area contributed by atoms with Crippen LogP contribution in [-0.4, -0.2) is 37.6 Å². The van der Waals surface area contributed by atoms with Gasteiger partial charge >= 0.3 is 0 Å². The molecule has 0 aliphatic carbocycles. The maximum Gasteiger partial charge on any atom is 0.229 e. The van der Waals surface area contributed by atoms with Gasteiger partial charge in [-0.3, -0.25) is 10.3 Å². The van der Waals surface area contributed by atoms with Gasteiger partial charge in [0, 0.05) is 41.9 Å². The minimum atomic E-state index is 0.422. The number of hydrogen-bond acceptors (Lipinski definition) is 5. The van der Waals surface area contributed by atoms with E-state index in [1.54, 1.807) is 12.5 Å². The number of anilines is 2. The van der Waals surface area contributed by atoms with Gasteiger partial charge in [-0.05, 0) is 51.2 Å². The number of nitrogens with one attached hydrogen (secondary N) is 4. The summed E-state index contributed by atoms with van der Waals surface area (Å²) >= 11 is 5.44. The van der Waals surface area contributed by atoms with E-state index >= 15 is 0 Å². The molecule has 2 aromatic heterocycles. The second-order valence-electron chi connectivity index (χ2n) is 6.60. The fourth-order valence-corrected chi connectivity index (χ4v) is 2.83. The normalized spacial score (nSPS) is 11.2. The minimum Gasteiger partial charge on any atom is -0.348 e. The average Bonchev–Trinajstić information content (AvgIpc) is 3.16. The first-order valence-electron chi connectivity index (χ1n) is 9.23. The van der Waals surface area contributed by atoms with Gasteiger partial charge in [0.25, 0.3) is 0 Å². The molecule has 0 aliphatic rings. The van der Waals surface area contributed by atoms with Gasteiger partial charge < -0.3 is 15.6 Å². The molecule has 4 N–H and O–H groups in total. The number of H-pyrrole nitrogens is 1. The van der Waals surface area contributed by atoms with Crippen LogP contribution >= 0.6 is 12.2 Å². The van der Waals surface area contributed by atoms with Crippen LogP contribution in [0.2, 0.25) is 0 Å². The minimum absolute atomic E-state index is 0.422. The Bertz CT molecular complexity index is 960. The van der Waals surface area contributed by atoms with Gasteiger partial charge in [0.2, 0.25) is 11.9 Å². The highest BCUT2D eigenvalue weighted by Crippen LogP contribution is 2.08. The molecule has 0 spiro atoms. The number of hydrogen-bond donors (Lipinski definition) is 4. The molecule has 29 heavy (non-hydrogen) atoms. The van der Waals surface area contributed by atoms with E-state index in [4.69, 9.17) is 12.2 Å². The predicted molar refractivity (Wildman–Crippen MR) is 120 cm³/mol. The monoisotopic (exact) mass is 408 g/mol. The summed E-state index contributed by atoms with van der Waals surface area (Å²) in [7, 11) is 0. The highest BCUT2D eigenvalue weighted by Gasteiger charge is 2.07. The topological polar surface area (TPSA) is 103 Å². The molecule has 0 amide bonds. The van der Waals surface area contributed by atoms with E-state index in [2.05, 4.69) is 40.9 Å². The van der Waals surface area contributed by atoms with Crippen molar-refractivity contribution in [3.05, 3.63) is 65.5 Å². The molecule has 3 aromatic rings. The predicted octanol–water partition coefficient (Wildman–Crippen LogP) is 3.12. The van der Waals surface area contributed by atoms with E-state index < -0.39 is 0 Å². The van der Waals surface area contributed by atoms with Crippen molar-refractivity contribution in [2.75, 3.05) is 17.2 Å². The molecular formula is C20H24N8S. The second kappa shape index (κ2) is 9.74. The number of rotatable bonds is 5. The van der Waals surface area contributed by atoms with E-state index in [1.807, 2.05) is 51.1 Å². The Kier molecular flexibility index (Phi) is 6.85. The number of nitrogens with zero attached hydrogens (tertiary/aromatic N) is 4. The van der Waals surface area contributed by atoms with Crippen LogP contribution in [0.1, 0.15) is 22.6 Å². The zero-order valence-corrected chi connectivity index (χ0v) is 17.5. The first-order valence-corrected chi connectivity index (χ1v) is 9.64. The van der Waals surface area contributed by atoms with E-state index in [0.717, 1.165) is 29.2 Å². The van der Waals surface area contributed by atoms with Gasteiger partial charge in [-0.15, -0.1) is 0 Å². The summed E-state index contributed by atoms with van der Waals surface area (Å²) in [6, 6.07) is 9.90. The van der Waals surface area contributed by atoms with Gasteiger partial charge in [0.15, 0.2) is 5.11 Å². The fourth-order valence-electron chi connectivity index (χ4n) is 2.61. The van der Waals surface area contributed by atoms with E-state index in [0.29, 0.717) is 23.6 Å². The zero-order valence-electron chi connectivity index (χ0n) is 16.7. The van der Waals surface area contributed by atoms with Gasteiger partial charge in [0.05, 0.1) is 6.33 Å². The summed E-state index contributed by atoms with van der Waals surface area (Å²) in [4.78, 5) is 20.5. The highest BCUT2D eigenvalue weighted by atomic mass is 32.1. The van der Waals surface area contributed by atoms with Gasteiger partial charge in [-0.2, -0.15) is 0 Å². The third-order valence-electron chi connectivity index (χ3n) is 3.96. The van der Waals surface area contributed by atoms with Crippen molar-refractivity contribution in [2.45, 2.75) is 27.2 Å². The Balaban J connectivity index is 1.69. The Morgan fingerprint density at radius 3 is 2.45 bits per heavy atom. The summed E-state index contributed by atoms with van der Waals surface area (Å²) in [5.41, 5.74) is 4.84. The summed E-state index contributed by atoms with van der Waals surface area (Å²) in [5, 5.41) is 9.81. The summed E-state index contributed by atoms with van der Waals surface area (Å²) in [6.07, 6.45) is 4.16. The van der Waals surface area contributed by atoms with Crippen LogP contribution < -0.4 is 16.0 Å². The SMILES string of the molecule is Cc1ccc(NC(=S)NC(=NCCc2cnc[nH]2)Nc2nc(C)cc(C)n2)cc1. The van der Waals surface area contributed by atoms with Crippen molar-refractivity contribution >= 4 is 34.9 Å². The lowest BCUT2D eigenvalue weighted by molar-refractivity contribution is 0.927. The van der Waals surface area contributed by atoms with Crippen molar-refractivity contribution in [1.29, 1.82) is 0 Å². The lowest BCUT2D eigenvalue weighted by Gasteiger charge is -2.14. The van der Waals surface area contributed by atoms with Crippen LogP contribution in [-0.2, 0) is 6.42 Å². The third-order valence-corrected chi connectivity index (χ3v) is 4.16. The van der Waals surface area contributed by atoms with Crippen LogP contribution in [0.15, 0.2) is 47.8 Å². The first kappa shape index (κ1) is 20.4. The van der Waals surface area contributed by atoms with Crippen molar-refractivity contribution in [2.24, 2.45) is 4.99 Å². The third kappa shape index (κ3) is 6.65. The molecule has 0 fully saturated rings.